The van der Waals surface area contributed by atoms with Gasteiger partial charge in [-0.15, -0.1) is 0 Å². The summed E-state index contributed by atoms with van der Waals surface area (Å²) in [5.41, 5.74) is 1.59. The first kappa shape index (κ1) is 19.0. The second-order valence-electron chi connectivity index (χ2n) is 5.28. The van der Waals surface area contributed by atoms with Crippen LogP contribution in [0.3, 0.4) is 0 Å². The molecule has 25 heavy (non-hydrogen) atoms. The third-order valence-corrected chi connectivity index (χ3v) is 3.90. The molecule has 0 saturated carbocycles. The Morgan fingerprint density at radius 2 is 1.88 bits per heavy atom. The summed E-state index contributed by atoms with van der Waals surface area (Å²) in [7, 11) is 0. The lowest BCUT2D eigenvalue weighted by Gasteiger charge is -2.12. The van der Waals surface area contributed by atoms with Crippen LogP contribution in [-0.4, -0.2) is 18.0 Å². The zero-order valence-corrected chi connectivity index (χ0v) is 15.1. The van der Waals surface area contributed by atoms with Crippen LogP contribution in [0.4, 0.5) is 0 Å². The molecule has 0 aliphatic rings. The lowest BCUT2D eigenvalue weighted by molar-refractivity contribution is -0.150. The Bertz CT molecular complexity index is 775. The van der Waals surface area contributed by atoms with E-state index in [-0.39, 0.29) is 5.91 Å². The number of esters is 1. The van der Waals surface area contributed by atoms with Crippen molar-refractivity contribution in [2.24, 2.45) is 0 Å². The van der Waals surface area contributed by atoms with Crippen LogP contribution >= 0.6 is 23.2 Å². The third-order valence-electron chi connectivity index (χ3n) is 3.33. The van der Waals surface area contributed by atoms with Crippen LogP contribution < -0.4 is 5.32 Å². The van der Waals surface area contributed by atoms with E-state index in [1.807, 2.05) is 30.3 Å². The van der Waals surface area contributed by atoms with Gasteiger partial charge < -0.3 is 10.1 Å². The monoisotopic (exact) mass is 377 g/mol. The number of ether oxygens (including phenoxy) is 1. The van der Waals surface area contributed by atoms with E-state index in [0.717, 1.165) is 5.56 Å². The maximum Gasteiger partial charge on any atom is 0.331 e. The highest BCUT2D eigenvalue weighted by Crippen LogP contribution is 2.22. The summed E-state index contributed by atoms with van der Waals surface area (Å²) in [6.07, 6.45) is 1.83. The lowest BCUT2D eigenvalue weighted by Crippen LogP contribution is -2.35. The Morgan fingerprint density at radius 1 is 1.16 bits per heavy atom. The molecular weight excluding hydrogens is 361 g/mol. The number of rotatable bonds is 6. The van der Waals surface area contributed by atoms with Gasteiger partial charge in [0, 0.05) is 22.7 Å². The molecule has 0 fully saturated rings. The van der Waals surface area contributed by atoms with Gasteiger partial charge in [-0.2, -0.15) is 0 Å². The van der Waals surface area contributed by atoms with E-state index in [2.05, 4.69) is 5.32 Å². The van der Waals surface area contributed by atoms with Crippen LogP contribution in [0.25, 0.3) is 6.08 Å². The highest BCUT2D eigenvalue weighted by atomic mass is 35.5. The van der Waals surface area contributed by atoms with Crippen LogP contribution in [0.2, 0.25) is 10.0 Å². The molecule has 0 aromatic heterocycles. The predicted molar refractivity (Wildman–Crippen MR) is 99.3 cm³/mol. The molecule has 0 spiro atoms. The fraction of sp³-hybridized carbons (Fsp3) is 0.158. The normalized spacial score (nSPS) is 12.0. The molecule has 0 heterocycles. The van der Waals surface area contributed by atoms with Crippen molar-refractivity contribution in [3.05, 3.63) is 75.8 Å². The fourth-order valence-electron chi connectivity index (χ4n) is 1.99. The molecule has 4 nitrogen and oxygen atoms in total. The van der Waals surface area contributed by atoms with Crippen molar-refractivity contribution in [2.45, 2.75) is 19.6 Å². The smallest absolute Gasteiger partial charge is 0.331 e. The van der Waals surface area contributed by atoms with E-state index in [9.17, 15) is 9.59 Å². The highest BCUT2D eigenvalue weighted by Gasteiger charge is 2.16. The van der Waals surface area contributed by atoms with Crippen LogP contribution in [0.15, 0.2) is 54.6 Å². The maximum absolute atomic E-state index is 12.0. The van der Waals surface area contributed by atoms with Gasteiger partial charge in [0.2, 0.25) is 0 Å². The van der Waals surface area contributed by atoms with Gasteiger partial charge in [0.25, 0.3) is 5.91 Å². The minimum Gasteiger partial charge on any atom is -0.449 e. The van der Waals surface area contributed by atoms with Gasteiger partial charge in [-0.1, -0.05) is 59.6 Å². The number of carbonyl (C=O) groups is 2. The minimum absolute atomic E-state index is 0.366. The Hall–Kier alpha value is -2.30. The fourth-order valence-corrected chi connectivity index (χ4v) is 2.46. The molecule has 0 radical (unpaired) electrons. The van der Waals surface area contributed by atoms with E-state index in [1.165, 1.54) is 19.1 Å². The number of nitrogens with one attached hydrogen (secondary N) is 1. The van der Waals surface area contributed by atoms with E-state index >= 15 is 0 Å². The number of hydrogen-bond donors (Lipinski definition) is 1. The van der Waals surface area contributed by atoms with Gasteiger partial charge in [-0.25, -0.2) is 4.79 Å². The SMILES string of the molecule is CC(OC(=O)/C=C/c1ccc(Cl)cc1Cl)C(=O)NCc1ccccc1. The topological polar surface area (TPSA) is 55.4 Å². The molecule has 1 amide bonds. The van der Waals surface area contributed by atoms with E-state index < -0.39 is 12.1 Å². The van der Waals surface area contributed by atoms with Gasteiger partial charge in [-0.3, -0.25) is 4.79 Å². The number of halogens is 2. The highest BCUT2D eigenvalue weighted by molar-refractivity contribution is 6.35. The van der Waals surface area contributed by atoms with Crippen molar-refractivity contribution in [1.82, 2.24) is 5.32 Å². The molecule has 0 bridgehead atoms. The van der Waals surface area contributed by atoms with E-state index in [4.69, 9.17) is 27.9 Å². The van der Waals surface area contributed by atoms with Gasteiger partial charge in [-0.05, 0) is 36.3 Å². The molecule has 2 rings (SSSR count). The van der Waals surface area contributed by atoms with Crippen molar-refractivity contribution >= 4 is 41.2 Å². The summed E-state index contributed by atoms with van der Waals surface area (Å²) < 4.78 is 5.08. The zero-order valence-electron chi connectivity index (χ0n) is 13.5. The average molecular weight is 378 g/mol. The van der Waals surface area contributed by atoms with E-state index in [1.54, 1.807) is 18.2 Å². The molecule has 0 saturated heterocycles. The van der Waals surface area contributed by atoms with Crippen molar-refractivity contribution in [1.29, 1.82) is 0 Å². The molecule has 6 heteroatoms. The second-order valence-corrected chi connectivity index (χ2v) is 6.13. The van der Waals surface area contributed by atoms with E-state index in [0.29, 0.717) is 22.2 Å². The summed E-state index contributed by atoms with van der Waals surface area (Å²) in [6.45, 7) is 1.89. The Morgan fingerprint density at radius 3 is 2.56 bits per heavy atom. The minimum atomic E-state index is -0.901. The summed E-state index contributed by atoms with van der Waals surface area (Å²) in [5.74, 6) is -0.997. The molecular formula is C19H17Cl2NO3. The predicted octanol–water partition coefficient (Wildman–Crippen LogP) is 4.25. The molecule has 1 N–H and O–H groups in total. The maximum atomic E-state index is 12.0. The quantitative estimate of drug-likeness (QED) is 0.604. The van der Waals surface area contributed by atoms with Gasteiger partial charge in [0.1, 0.15) is 0 Å². The van der Waals surface area contributed by atoms with Crippen molar-refractivity contribution < 1.29 is 14.3 Å². The molecule has 2 aromatic rings. The average Bonchev–Trinajstić information content (AvgIpc) is 2.59. The third kappa shape index (κ3) is 6.25. The second kappa shape index (κ2) is 9.25. The molecule has 1 unspecified atom stereocenters. The van der Waals surface area contributed by atoms with Crippen LogP contribution in [0.1, 0.15) is 18.1 Å². The standard InChI is InChI=1S/C19H17Cl2NO3/c1-13(19(24)22-12-14-5-3-2-4-6-14)25-18(23)10-8-15-7-9-16(20)11-17(15)21/h2-11,13H,12H2,1H3,(H,22,24)/b10-8+. The van der Waals surface area contributed by atoms with Gasteiger partial charge in [0.05, 0.1) is 0 Å². The molecule has 0 aliphatic heterocycles. The van der Waals surface area contributed by atoms with Crippen molar-refractivity contribution in [3.8, 4) is 0 Å². The number of benzene rings is 2. The van der Waals surface area contributed by atoms with Crippen LogP contribution in [0.5, 0.6) is 0 Å². The summed E-state index contributed by atoms with van der Waals surface area (Å²) in [5, 5.41) is 3.65. The molecule has 0 aliphatic carbocycles. The first-order valence-corrected chi connectivity index (χ1v) is 8.36. The Kier molecular flexibility index (Phi) is 7.04. The number of amides is 1. The van der Waals surface area contributed by atoms with Gasteiger partial charge >= 0.3 is 5.97 Å². The Labute approximate surface area is 156 Å². The first-order valence-electron chi connectivity index (χ1n) is 7.61. The molecule has 130 valence electrons. The summed E-state index contributed by atoms with van der Waals surface area (Å²) in [6, 6.07) is 14.4. The Balaban J connectivity index is 1.84. The molecule has 2 aromatic carbocycles. The van der Waals surface area contributed by atoms with Crippen LogP contribution in [-0.2, 0) is 20.9 Å². The summed E-state index contributed by atoms with van der Waals surface area (Å²) >= 11 is 11.8. The number of carbonyl (C=O) groups excluding carboxylic acids is 2. The van der Waals surface area contributed by atoms with Crippen LogP contribution in [0, 0.1) is 0 Å². The van der Waals surface area contributed by atoms with Crippen molar-refractivity contribution in [3.63, 3.8) is 0 Å². The lowest BCUT2D eigenvalue weighted by atomic mass is 10.2. The van der Waals surface area contributed by atoms with Gasteiger partial charge in [0.15, 0.2) is 6.10 Å². The van der Waals surface area contributed by atoms with Crippen molar-refractivity contribution in [2.75, 3.05) is 0 Å². The zero-order chi connectivity index (χ0) is 18.2. The largest absolute Gasteiger partial charge is 0.449 e. The number of hydrogen-bond acceptors (Lipinski definition) is 3. The summed E-state index contributed by atoms with van der Waals surface area (Å²) in [4.78, 5) is 23.8. The molecule has 1 atom stereocenters. The first-order chi connectivity index (χ1) is 12.0.